The van der Waals surface area contributed by atoms with Gasteiger partial charge in [0.05, 0.1) is 14.2 Å². The third-order valence-electron chi connectivity index (χ3n) is 7.00. The second-order valence-electron chi connectivity index (χ2n) is 9.56. The molecule has 1 amide bonds. The summed E-state index contributed by atoms with van der Waals surface area (Å²) < 4.78 is 16.6. The summed E-state index contributed by atoms with van der Waals surface area (Å²) in [6.45, 7) is 3.97. The van der Waals surface area contributed by atoms with Crippen LogP contribution in [-0.2, 0) is 27.3 Å². The van der Waals surface area contributed by atoms with E-state index in [1.54, 1.807) is 18.9 Å². The fourth-order valence-electron chi connectivity index (χ4n) is 5.15. The lowest BCUT2D eigenvalue weighted by molar-refractivity contribution is -0.155. The van der Waals surface area contributed by atoms with Crippen LogP contribution in [0.3, 0.4) is 0 Å². The Morgan fingerprint density at radius 3 is 2.21 bits per heavy atom. The number of carbonyl (C=O) groups is 2. The van der Waals surface area contributed by atoms with E-state index in [-0.39, 0.29) is 17.9 Å². The van der Waals surface area contributed by atoms with Gasteiger partial charge in [0.1, 0.15) is 11.8 Å². The fourth-order valence-corrected chi connectivity index (χ4v) is 5.15. The number of likely N-dealkylation sites (tertiary alicyclic amines) is 1. The maximum atomic E-state index is 12.8. The molecule has 1 aliphatic rings. The summed E-state index contributed by atoms with van der Waals surface area (Å²) in [5, 5.41) is 0. The van der Waals surface area contributed by atoms with Crippen molar-refractivity contribution in [2.45, 2.75) is 44.8 Å². The van der Waals surface area contributed by atoms with Crippen LogP contribution < -0.4 is 9.47 Å². The van der Waals surface area contributed by atoms with Gasteiger partial charge in [0.15, 0.2) is 11.5 Å². The Morgan fingerprint density at radius 1 is 0.895 bits per heavy atom. The average Bonchev–Trinajstić information content (AvgIpc) is 2.94. The van der Waals surface area contributed by atoms with Gasteiger partial charge in [0, 0.05) is 39.0 Å². The van der Waals surface area contributed by atoms with Crippen LogP contribution in [0.1, 0.15) is 30.9 Å². The zero-order valence-corrected chi connectivity index (χ0v) is 22.3. The molecule has 0 aliphatic carbocycles. The maximum Gasteiger partial charge on any atom is 0.328 e. The number of benzene rings is 3. The van der Waals surface area contributed by atoms with Crippen LogP contribution >= 0.6 is 0 Å². The lowest BCUT2D eigenvalue weighted by Crippen LogP contribution is -2.54. The van der Waals surface area contributed by atoms with E-state index in [4.69, 9.17) is 14.2 Å². The molecule has 3 aromatic rings. The van der Waals surface area contributed by atoms with Crippen LogP contribution in [0.25, 0.3) is 0 Å². The van der Waals surface area contributed by atoms with Gasteiger partial charge in [0.2, 0.25) is 5.91 Å². The van der Waals surface area contributed by atoms with Gasteiger partial charge in [-0.3, -0.25) is 9.69 Å². The smallest absolute Gasteiger partial charge is 0.328 e. The lowest BCUT2D eigenvalue weighted by Gasteiger charge is -2.41. The minimum Gasteiger partial charge on any atom is -0.493 e. The van der Waals surface area contributed by atoms with Crippen LogP contribution in [0.15, 0.2) is 78.9 Å². The molecule has 0 unspecified atom stereocenters. The summed E-state index contributed by atoms with van der Waals surface area (Å²) in [5.41, 5.74) is 2.15. The van der Waals surface area contributed by atoms with Crippen molar-refractivity contribution in [3.63, 3.8) is 0 Å². The highest BCUT2D eigenvalue weighted by atomic mass is 16.5. The van der Waals surface area contributed by atoms with Crippen molar-refractivity contribution in [2.75, 3.05) is 27.3 Å². The number of para-hydroxylation sites is 2. The third-order valence-corrected chi connectivity index (χ3v) is 7.00. The fraction of sp³-hybridized carbons (Fsp3) is 0.355. The van der Waals surface area contributed by atoms with Crippen LogP contribution in [0.4, 0.5) is 0 Å². The zero-order valence-electron chi connectivity index (χ0n) is 22.3. The summed E-state index contributed by atoms with van der Waals surface area (Å²) in [6.07, 6.45) is 2.02. The first-order valence-corrected chi connectivity index (χ1v) is 13.0. The number of piperidine rings is 1. The first-order chi connectivity index (χ1) is 18.5. The highest BCUT2D eigenvalue weighted by molar-refractivity contribution is 5.84. The molecule has 4 rings (SSSR count). The number of methoxy groups -OCH3 is 2. The molecule has 0 radical (unpaired) electrons. The van der Waals surface area contributed by atoms with Crippen LogP contribution in [0, 0.1) is 0 Å². The molecule has 0 aromatic heterocycles. The molecule has 1 aliphatic heterocycles. The predicted octanol–water partition coefficient (Wildman–Crippen LogP) is 5.08. The van der Waals surface area contributed by atoms with Gasteiger partial charge >= 0.3 is 5.97 Å². The lowest BCUT2D eigenvalue weighted by atomic mass is 9.97. The van der Waals surface area contributed by atoms with Crippen molar-refractivity contribution < 1.29 is 23.8 Å². The van der Waals surface area contributed by atoms with Crippen molar-refractivity contribution in [2.24, 2.45) is 0 Å². The van der Waals surface area contributed by atoms with E-state index in [9.17, 15) is 9.59 Å². The molecule has 38 heavy (non-hydrogen) atoms. The second kappa shape index (κ2) is 13.1. The van der Waals surface area contributed by atoms with Crippen LogP contribution in [0.5, 0.6) is 17.2 Å². The second-order valence-corrected chi connectivity index (χ2v) is 9.56. The molecule has 200 valence electrons. The van der Waals surface area contributed by atoms with Gasteiger partial charge in [0.25, 0.3) is 0 Å². The number of hydrogen-bond acceptors (Lipinski definition) is 6. The van der Waals surface area contributed by atoms with E-state index in [0.717, 1.165) is 49.4 Å². The van der Waals surface area contributed by atoms with Crippen LogP contribution in [-0.4, -0.2) is 61.1 Å². The highest BCUT2D eigenvalue weighted by Gasteiger charge is 2.36. The molecule has 3 aromatic carbocycles. The quantitative estimate of drug-likeness (QED) is 0.350. The van der Waals surface area contributed by atoms with Crippen LogP contribution in [0.2, 0.25) is 0 Å². The van der Waals surface area contributed by atoms with Gasteiger partial charge in [-0.15, -0.1) is 0 Å². The molecule has 1 heterocycles. The molecule has 1 fully saturated rings. The van der Waals surface area contributed by atoms with E-state index in [1.807, 2.05) is 72.8 Å². The Labute approximate surface area is 224 Å². The molecule has 1 saturated heterocycles. The molecular formula is C31H36N2O5. The number of ether oxygens (including phenoxy) is 3. The summed E-state index contributed by atoms with van der Waals surface area (Å²) in [4.78, 5) is 29.7. The van der Waals surface area contributed by atoms with Gasteiger partial charge < -0.3 is 19.1 Å². The Kier molecular flexibility index (Phi) is 9.38. The summed E-state index contributed by atoms with van der Waals surface area (Å²) in [7, 11) is 3.01. The third kappa shape index (κ3) is 6.92. The number of amides is 1. The van der Waals surface area contributed by atoms with Gasteiger partial charge in [-0.1, -0.05) is 54.6 Å². The SMILES string of the molecule is COC(=O)[C@H](Cc1ccccc1)N(C(C)=O)C1CCN(Cc2cccc(Oc3ccccc3OC)c2)CC1. The molecule has 0 bridgehead atoms. The molecular weight excluding hydrogens is 480 g/mol. The van der Waals surface area contributed by atoms with E-state index in [1.165, 1.54) is 7.11 Å². The number of esters is 1. The minimum absolute atomic E-state index is 0.0169. The largest absolute Gasteiger partial charge is 0.493 e. The summed E-state index contributed by atoms with van der Waals surface area (Å²) in [5.74, 6) is 1.64. The van der Waals surface area contributed by atoms with Crippen molar-refractivity contribution in [1.82, 2.24) is 9.80 Å². The van der Waals surface area contributed by atoms with Gasteiger partial charge in [-0.25, -0.2) is 4.79 Å². The van der Waals surface area contributed by atoms with Crippen molar-refractivity contribution in [1.29, 1.82) is 0 Å². The predicted molar refractivity (Wildman–Crippen MR) is 146 cm³/mol. The van der Waals surface area contributed by atoms with Gasteiger partial charge in [-0.2, -0.15) is 0 Å². The minimum atomic E-state index is -0.639. The zero-order chi connectivity index (χ0) is 26.9. The Morgan fingerprint density at radius 2 is 1.55 bits per heavy atom. The monoisotopic (exact) mass is 516 g/mol. The maximum absolute atomic E-state index is 12.8. The Hall–Kier alpha value is -3.84. The summed E-state index contributed by atoms with van der Waals surface area (Å²) >= 11 is 0. The molecule has 0 N–H and O–H groups in total. The van der Waals surface area contributed by atoms with Crippen molar-refractivity contribution in [3.8, 4) is 17.2 Å². The van der Waals surface area contributed by atoms with E-state index in [2.05, 4.69) is 11.0 Å². The molecule has 0 saturated carbocycles. The van der Waals surface area contributed by atoms with Crippen molar-refractivity contribution >= 4 is 11.9 Å². The first kappa shape index (κ1) is 27.2. The number of hydrogen-bond donors (Lipinski definition) is 0. The number of nitrogens with zero attached hydrogens (tertiary/aromatic N) is 2. The molecule has 0 spiro atoms. The summed E-state index contributed by atoms with van der Waals surface area (Å²) in [6, 6.07) is 24.8. The average molecular weight is 517 g/mol. The molecule has 7 nitrogen and oxygen atoms in total. The molecule has 7 heteroatoms. The highest BCUT2D eigenvalue weighted by Crippen LogP contribution is 2.31. The Bertz CT molecular complexity index is 1210. The number of carbonyl (C=O) groups excluding carboxylic acids is 2. The van der Waals surface area contributed by atoms with E-state index in [0.29, 0.717) is 17.9 Å². The van der Waals surface area contributed by atoms with Crippen molar-refractivity contribution in [3.05, 3.63) is 90.0 Å². The Balaban J connectivity index is 1.39. The normalized spacial score (nSPS) is 14.9. The standard InChI is InChI=1S/C31H36N2O5/c1-23(34)33(28(31(35)37-3)21-24-10-5-4-6-11-24)26-16-18-32(19-17-26)22-25-12-9-13-27(20-25)38-30-15-8-7-14-29(30)36-2/h4-15,20,26,28H,16-19,21-22H2,1-3H3/t28-/m0/s1. The van der Waals surface area contributed by atoms with E-state index >= 15 is 0 Å². The van der Waals surface area contributed by atoms with Gasteiger partial charge in [-0.05, 0) is 48.2 Å². The topological polar surface area (TPSA) is 68.3 Å². The van der Waals surface area contributed by atoms with E-state index < -0.39 is 6.04 Å². The molecule has 1 atom stereocenters. The number of rotatable bonds is 10. The first-order valence-electron chi connectivity index (χ1n) is 13.0.